The number of hydrogen-bond donors (Lipinski definition) is 2. The number of ether oxygens (including phenoxy) is 2. The SMILES string of the molecule is Cc1nc2ncc(Nc3cc(OC(F)CF)n[nH]3)nc2n1CC1CCOCC1. The first-order valence-electron chi connectivity index (χ1n) is 9.09. The second-order valence-corrected chi connectivity index (χ2v) is 6.65. The molecule has 150 valence electrons. The lowest BCUT2D eigenvalue weighted by Gasteiger charge is -2.22. The van der Waals surface area contributed by atoms with E-state index in [-0.39, 0.29) is 5.88 Å². The van der Waals surface area contributed by atoms with Gasteiger partial charge in [0.2, 0.25) is 5.88 Å². The number of fused-ring (bicyclic) bond motifs is 1. The largest absolute Gasteiger partial charge is 0.439 e. The molecule has 9 nitrogen and oxygen atoms in total. The van der Waals surface area contributed by atoms with Crippen LogP contribution in [0.4, 0.5) is 20.4 Å². The van der Waals surface area contributed by atoms with Crippen LogP contribution in [0.25, 0.3) is 11.3 Å². The number of H-pyrrole nitrogens is 1. The summed E-state index contributed by atoms with van der Waals surface area (Å²) in [5, 5.41) is 9.40. The molecule has 1 aliphatic heterocycles. The van der Waals surface area contributed by atoms with Gasteiger partial charge in [-0.2, -0.15) is 4.39 Å². The van der Waals surface area contributed by atoms with Crippen LogP contribution < -0.4 is 10.1 Å². The molecule has 4 heterocycles. The smallest absolute Gasteiger partial charge is 0.268 e. The zero-order valence-corrected chi connectivity index (χ0v) is 15.4. The van der Waals surface area contributed by atoms with Gasteiger partial charge in [0.1, 0.15) is 11.6 Å². The fourth-order valence-electron chi connectivity index (χ4n) is 3.19. The maximum atomic E-state index is 13.0. The molecule has 4 rings (SSSR count). The molecule has 0 spiro atoms. The molecular formula is C17H21F2N7O2. The molecule has 3 aromatic rings. The predicted octanol–water partition coefficient (Wildman–Crippen LogP) is 2.67. The predicted molar refractivity (Wildman–Crippen MR) is 97.0 cm³/mol. The molecule has 0 aliphatic carbocycles. The Morgan fingerprint density at radius 3 is 3.00 bits per heavy atom. The van der Waals surface area contributed by atoms with E-state index in [1.807, 2.05) is 6.92 Å². The molecule has 1 atom stereocenters. The number of aryl methyl sites for hydroxylation is 1. The van der Waals surface area contributed by atoms with Gasteiger partial charge in [-0.05, 0) is 25.7 Å². The maximum absolute atomic E-state index is 13.0. The molecule has 11 heteroatoms. The number of alkyl halides is 2. The van der Waals surface area contributed by atoms with Crippen LogP contribution in [0.15, 0.2) is 12.3 Å². The van der Waals surface area contributed by atoms with Crippen LogP contribution in [-0.4, -0.2) is 56.0 Å². The Labute approximate surface area is 159 Å². The van der Waals surface area contributed by atoms with E-state index < -0.39 is 13.0 Å². The van der Waals surface area contributed by atoms with Gasteiger partial charge in [0.15, 0.2) is 23.8 Å². The van der Waals surface area contributed by atoms with Crippen molar-refractivity contribution in [2.24, 2.45) is 5.92 Å². The Kier molecular flexibility index (Phi) is 5.33. The van der Waals surface area contributed by atoms with Crippen LogP contribution in [0.5, 0.6) is 5.88 Å². The Balaban J connectivity index is 1.53. The molecule has 1 saturated heterocycles. The summed E-state index contributed by atoms with van der Waals surface area (Å²) in [6.45, 7) is 3.07. The van der Waals surface area contributed by atoms with E-state index in [0.717, 1.165) is 38.4 Å². The van der Waals surface area contributed by atoms with Gasteiger partial charge in [-0.15, -0.1) is 5.10 Å². The van der Waals surface area contributed by atoms with Crippen molar-refractivity contribution >= 4 is 22.9 Å². The van der Waals surface area contributed by atoms with Gasteiger partial charge < -0.3 is 19.4 Å². The van der Waals surface area contributed by atoms with Crippen molar-refractivity contribution in [1.29, 1.82) is 0 Å². The number of halogens is 2. The Morgan fingerprint density at radius 2 is 2.21 bits per heavy atom. The van der Waals surface area contributed by atoms with Crippen LogP contribution >= 0.6 is 0 Å². The first kappa shape index (κ1) is 18.5. The van der Waals surface area contributed by atoms with Gasteiger partial charge in [0.25, 0.3) is 6.36 Å². The average molecular weight is 393 g/mol. The lowest BCUT2D eigenvalue weighted by molar-refractivity contribution is 0.0393. The molecule has 28 heavy (non-hydrogen) atoms. The monoisotopic (exact) mass is 393 g/mol. The van der Waals surface area contributed by atoms with Gasteiger partial charge in [0.05, 0.1) is 6.20 Å². The van der Waals surface area contributed by atoms with Crippen molar-refractivity contribution < 1.29 is 18.3 Å². The molecular weight excluding hydrogens is 372 g/mol. The van der Waals surface area contributed by atoms with Crippen molar-refractivity contribution in [2.75, 3.05) is 25.2 Å². The molecule has 0 saturated carbocycles. The topological polar surface area (TPSA) is 103 Å². The standard InChI is InChI=1S/C17H21F2N7O2/c1-10-21-16-17(26(10)9-11-2-4-27-5-3-11)23-14(8-20-16)22-13-6-15(25-24-13)28-12(19)7-18/h6,8,11-12H,2-5,7,9H2,1H3,(H2,22,23,24,25). The third kappa shape index (κ3) is 4.03. The van der Waals surface area contributed by atoms with Crippen LogP contribution in [0.1, 0.15) is 18.7 Å². The summed E-state index contributed by atoms with van der Waals surface area (Å²) < 4.78 is 37.3. The third-order valence-electron chi connectivity index (χ3n) is 4.62. The van der Waals surface area contributed by atoms with Crippen LogP contribution in [0, 0.1) is 12.8 Å². The van der Waals surface area contributed by atoms with E-state index in [1.54, 1.807) is 6.20 Å². The second kappa shape index (κ2) is 8.05. The quantitative estimate of drug-likeness (QED) is 0.636. The Hall–Kier alpha value is -2.82. The molecule has 1 unspecified atom stereocenters. The molecule has 1 fully saturated rings. The number of imidazole rings is 1. The average Bonchev–Trinajstić information content (AvgIpc) is 3.26. The minimum absolute atomic E-state index is 0.0536. The minimum Gasteiger partial charge on any atom is -0.439 e. The molecule has 2 N–H and O–H groups in total. The van der Waals surface area contributed by atoms with Gasteiger partial charge in [-0.25, -0.2) is 19.3 Å². The van der Waals surface area contributed by atoms with E-state index in [9.17, 15) is 8.78 Å². The molecule has 0 radical (unpaired) electrons. The molecule has 0 amide bonds. The molecule has 1 aliphatic rings. The summed E-state index contributed by atoms with van der Waals surface area (Å²) in [6, 6.07) is 1.42. The van der Waals surface area contributed by atoms with Crippen molar-refractivity contribution in [3.05, 3.63) is 18.1 Å². The highest BCUT2D eigenvalue weighted by Crippen LogP contribution is 2.23. The number of rotatable bonds is 7. The zero-order valence-electron chi connectivity index (χ0n) is 15.4. The number of aromatic nitrogens is 6. The number of hydrogen-bond acceptors (Lipinski definition) is 7. The molecule has 3 aromatic heterocycles. The van der Waals surface area contributed by atoms with Crippen molar-refractivity contribution in [3.63, 3.8) is 0 Å². The van der Waals surface area contributed by atoms with E-state index in [1.165, 1.54) is 6.07 Å². The number of anilines is 2. The maximum Gasteiger partial charge on any atom is 0.268 e. The van der Waals surface area contributed by atoms with Gasteiger partial charge >= 0.3 is 0 Å². The van der Waals surface area contributed by atoms with Crippen LogP contribution in [-0.2, 0) is 11.3 Å². The highest BCUT2D eigenvalue weighted by atomic mass is 19.2. The fourth-order valence-corrected chi connectivity index (χ4v) is 3.19. The Morgan fingerprint density at radius 1 is 1.39 bits per heavy atom. The first-order valence-corrected chi connectivity index (χ1v) is 9.09. The van der Waals surface area contributed by atoms with Crippen molar-refractivity contribution in [2.45, 2.75) is 32.7 Å². The summed E-state index contributed by atoms with van der Waals surface area (Å²) in [5.41, 5.74) is 1.26. The normalized spacial score (nSPS) is 16.4. The highest BCUT2D eigenvalue weighted by Gasteiger charge is 2.19. The van der Waals surface area contributed by atoms with Gasteiger partial charge in [-0.1, -0.05) is 0 Å². The van der Waals surface area contributed by atoms with Crippen LogP contribution in [0.3, 0.4) is 0 Å². The number of aromatic amines is 1. The zero-order chi connectivity index (χ0) is 19.5. The van der Waals surface area contributed by atoms with E-state index in [0.29, 0.717) is 28.8 Å². The third-order valence-corrected chi connectivity index (χ3v) is 4.62. The van der Waals surface area contributed by atoms with Gasteiger partial charge in [0, 0.05) is 25.8 Å². The number of nitrogens with one attached hydrogen (secondary N) is 2. The van der Waals surface area contributed by atoms with Crippen molar-refractivity contribution in [3.8, 4) is 5.88 Å². The highest BCUT2D eigenvalue weighted by molar-refractivity contribution is 5.69. The fraction of sp³-hybridized carbons (Fsp3) is 0.529. The van der Waals surface area contributed by atoms with Crippen LogP contribution in [0.2, 0.25) is 0 Å². The summed E-state index contributed by atoms with van der Waals surface area (Å²) in [7, 11) is 0. The van der Waals surface area contributed by atoms with E-state index >= 15 is 0 Å². The molecule has 0 bridgehead atoms. The summed E-state index contributed by atoms with van der Waals surface area (Å²) >= 11 is 0. The first-order chi connectivity index (χ1) is 13.6. The lowest BCUT2D eigenvalue weighted by Crippen LogP contribution is -2.21. The van der Waals surface area contributed by atoms with E-state index in [4.69, 9.17) is 4.74 Å². The molecule has 0 aromatic carbocycles. The minimum atomic E-state index is -2.05. The summed E-state index contributed by atoms with van der Waals surface area (Å²) in [5.74, 6) is 2.21. The number of nitrogens with zero attached hydrogens (tertiary/aromatic N) is 5. The second-order valence-electron chi connectivity index (χ2n) is 6.65. The van der Waals surface area contributed by atoms with Crippen molar-refractivity contribution in [1.82, 2.24) is 29.7 Å². The summed E-state index contributed by atoms with van der Waals surface area (Å²) in [4.78, 5) is 13.5. The van der Waals surface area contributed by atoms with Gasteiger partial charge in [-0.3, -0.25) is 5.10 Å². The Bertz CT molecular complexity index is 939. The lowest BCUT2D eigenvalue weighted by atomic mass is 10.0. The van der Waals surface area contributed by atoms with E-state index in [2.05, 4.69) is 39.8 Å². The summed E-state index contributed by atoms with van der Waals surface area (Å²) in [6.07, 6.45) is 1.52.